The van der Waals surface area contributed by atoms with Crippen LogP contribution in [0.4, 0.5) is 5.82 Å². The molecule has 2 fully saturated rings. The van der Waals surface area contributed by atoms with Crippen LogP contribution < -0.4 is 5.32 Å². The molecule has 0 radical (unpaired) electrons. The van der Waals surface area contributed by atoms with Gasteiger partial charge in [0.1, 0.15) is 12.1 Å². The van der Waals surface area contributed by atoms with Gasteiger partial charge in [-0.25, -0.2) is 9.97 Å². The van der Waals surface area contributed by atoms with Crippen molar-refractivity contribution in [1.29, 1.82) is 0 Å². The first-order valence-corrected chi connectivity index (χ1v) is 9.21. The van der Waals surface area contributed by atoms with Gasteiger partial charge in [0.15, 0.2) is 0 Å². The SMILES string of the molecule is CC1(C2CCC(Nc3ncnc4ccccc34)CC2)CCCC1. The van der Waals surface area contributed by atoms with Gasteiger partial charge in [-0.05, 0) is 62.0 Å². The van der Waals surface area contributed by atoms with Crippen molar-refractivity contribution in [3.05, 3.63) is 30.6 Å². The fourth-order valence-electron chi connectivity index (χ4n) is 4.84. The minimum atomic E-state index is 0.564. The third kappa shape index (κ3) is 2.93. The molecule has 0 amide bonds. The summed E-state index contributed by atoms with van der Waals surface area (Å²) in [7, 11) is 0. The van der Waals surface area contributed by atoms with E-state index in [2.05, 4.69) is 40.4 Å². The third-order valence-corrected chi connectivity index (χ3v) is 6.34. The van der Waals surface area contributed by atoms with E-state index in [0.29, 0.717) is 11.5 Å². The van der Waals surface area contributed by atoms with E-state index in [4.69, 9.17) is 0 Å². The number of benzene rings is 1. The number of aromatic nitrogens is 2. The summed E-state index contributed by atoms with van der Waals surface area (Å²) >= 11 is 0. The van der Waals surface area contributed by atoms with Gasteiger partial charge in [-0.3, -0.25) is 0 Å². The van der Waals surface area contributed by atoms with Crippen molar-refractivity contribution in [1.82, 2.24) is 9.97 Å². The molecular weight excluding hydrogens is 282 g/mol. The van der Waals surface area contributed by atoms with Crippen molar-refractivity contribution in [3.8, 4) is 0 Å². The minimum Gasteiger partial charge on any atom is -0.367 e. The fraction of sp³-hybridized carbons (Fsp3) is 0.600. The van der Waals surface area contributed by atoms with Crippen LogP contribution >= 0.6 is 0 Å². The summed E-state index contributed by atoms with van der Waals surface area (Å²) in [4.78, 5) is 8.85. The molecule has 2 saturated carbocycles. The number of para-hydroxylation sites is 1. The van der Waals surface area contributed by atoms with Crippen molar-refractivity contribution in [2.75, 3.05) is 5.32 Å². The van der Waals surface area contributed by atoms with E-state index in [-0.39, 0.29) is 0 Å². The van der Waals surface area contributed by atoms with E-state index in [1.165, 1.54) is 51.4 Å². The Kier molecular flexibility index (Phi) is 3.96. The van der Waals surface area contributed by atoms with E-state index < -0.39 is 0 Å². The lowest BCUT2D eigenvalue weighted by atomic mass is 9.68. The van der Waals surface area contributed by atoms with Gasteiger partial charge in [0.25, 0.3) is 0 Å². The molecule has 0 spiro atoms. The molecule has 0 unspecified atom stereocenters. The van der Waals surface area contributed by atoms with E-state index in [9.17, 15) is 0 Å². The molecule has 0 saturated heterocycles. The predicted octanol–water partition coefficient (Wildman–Crippen LogP) is 5.18. The van der Waals surface area contributed by atoms with E-state index >= 15 is 0 Å². The van der Waals surface area contributed by atoms with Gasteiger partial charge in [0.05, 0.1) is 5.52 Å². The molecule has 1 heterocycles. The Bertz CT molecular complexity index is 662. The third-order valence-electron chi connectivity index (χ3n) is 6.34. The highest BCUT2D eigenvalue weighted by Crippen LogP contribution is 2.49. The quantitative estimate of drug-likeness (QED) is 0.848. The van der Waals surface area contributed by atoms with Crippen LogP contribution in [0.1, 0.15) is 58.3 Å². The summed E-state index contributed by atoms with van der Waals surface area (Å²) in [5.41, 5.74) is 1.66. The molecule has 2 aromatic rings. The maximum Gasteiger partial charge on any atom is 0.137 e. The van der Waals surface area contributed by atoms with Gasteiger partial charge < -0.3 is 5.32 Å². The summed E-state index contributed by atoms with van der Waals surface area (Å²) < 4.78 is 0. The smallest absolute Gasteiger partial charge is 0.137 e. The number of hydrogen-bond donors (Lipinski definition) is 1. The van der Waals surface area contributed by atoms with Crippen LogP contribution in [0.2, 0.25) is 0 Å². The number of anilines is 1. The number of rotatable bonds is 3. The summed E-state index contributed by atoms with van der Waals surface area (Å²) in [5, 5.41) is 4.84. The molecule has 0 aliphatic heterocycles. The molecule has 122 valence electrons. The Balaban J connectivity index is 1.43. The van der Waals surface area contributed by atoms with Gasteiger partial charge in [0.2, 0.25) is 0 Å². The maximum absolute atomic E-state index is 4.49. The van der Waals surface area contributed by atoms with Crippen molar-refractivity contribution in [2.24, 2.45) is 11.3 Å². The van der Waals surface area contributed by atoms with Crippen LogP contribution in [0.25, 0.3) is 10.9 Å². The first kappa shape index (κ1) is 14.9. The number of nitrogens with zero attached hydrogens (tertiary/aromatic N) is 2. The zero-order valence-corrected chi connectivity index (χ0v) is 14.1. The second-order valence-corrected chi connectivity index (χ2v) is 7.79. The van der Waals surface area contributed by atoms with Gasteiger partial charge in [-0.2, -0.15) is 0 Å². The normalized spacial score (nSPS) is 27.2. The number of nitrogens with one attached hydrogen (secondary N) is 1. The molecule has 1 N–H and O–H groups in total. The van der Waals surface area contributed by atoms with Gasteiger partial charge in [-0.1, -0.05) is 31.9 Å². The molecular formula is C20H27N3. The second kappa shape index (κ2) is 6.10. The molecule has 2 aliphatic rings. The molecule has 3 heteroatoms. The minimum absolute atomic E-state index is 0.564. The summed E-state index contributed by atoms with van der Waals surface area (Å²) in [6, 6.07) is 8.83. The Morgan fingerprint density at radius 2 is 1.74 bits per heavy atom. The largest absolute Gasteiger partial charge is 0.367 e. The fourth-order valence-corrected chi connectivity index (χ4v) is 4.84. The number of hydrogen-bond acceptors (Lipinski definition) is 3. The van der Waals surface area contributed by atoms with Crippen LogP contribution in [0.15, 0.2) is 30.6 Å². The average molecular weight is 309 g/mol. The molecule has 0 bridgehead atoms. The van der Waals surface area contributed by atoms with Crippen molar-refractivity contribution in [3.63, 3.8) is 0 Å². The lowest BCUT2D eigenvalue weighted by Crippen LogP contribution is -2.33. The summed E-state index contributed by atoms with van der Waals surface area (Å²) in [6.45, 7) is 2.54. The molecule has 1 aromatic heterocycles. The van der Waals surface area contributed by atoms with Crippen LogP contribution in [0.3, 0.4) is 0 Å². The molecule has 0 atom stereocenters. The molecule has 2 aliphatic carbocycles. The lowest BCUT2D eigenvalue weighted by Gasteiger charge is -2.39. The lowest BCUT2D eigenvalue weighted by molar-refractivity contribution is 0.139. The summed E-state index contributed by atoms with van der Waals surface area (Å²) in [5.74, 6) is 1.94. The highest BCUT2D eigenvalue weighted by Gasteiger charge is 2.38. The monoisotopic (exact) mass is 309 g/mol. The molecule has 4 rings (SSSR count). The second-order valence-electron chi connectivity index (χ2n) is 7.79. The van der Waals surface area contributed by atoms with Crippen molar-refractivity contribution in [2.45, 2.75) is 64.3 Å². The van der Waals surface area contributed by atoms with Gasteiger partial charge in [-0.15, -0.1) is 0 Å². The maximum atomic E-state index is 4.49. The standard InChI is InChI=1S/C20H27N3/c1-20(12-4-5-13-20)15-8-10-16(11-9-15)23-19-17-6-2-3-7-18(17)21-14-22-19/h2-3,6-7,14-16H,4-5,8-13H2,1H3,(H,21,22,23). The Labute approximate surface area is 138 Å². The predicted molar refractivity (Wildman–Crippen MR) is 95.5 cm³/mol. The Morgan fingerprint density at radius 3 is 2.52 bits per heavy atom. The molecule has 1 aromatic carbocycles. The first-order chi connectivity index (χ1) is 11.2. The van der Waals surface area contributed by atoms with Crippen molar-refractivity contribution < 1.29 is 0 Å². The van der Waals surface area contributed by atoms with Gasteiger partial charge in [0, 0.05) is 11.4 Å². The highest BCUT2D eigenvalue weighted by atomic mass is 15.0. The Morgan fingerprint density at radius 1 is 1.00 bits per heavy atom. The van der Waals surface area contributed by atoms with Crippen LogP contribution in [-0.2, 0) is 0 Å². The van der Waals surface area contributed by atoms with Crippen molar-refractivity contribution >= 4 is 16.7 Å². The Hall–Kier alpha value is -1.64. The molecule has 3 nitrogen and oxygen atoms in total. The van der Waals surface area contributed by atoms with Gasteiger partial charge >= 0.3 is 0 Å². The van der Waals surface area contributed by atoms with E-state index in [1.807, 2.05) is 6.07 Å². The highest BCUT2D eigenvalue weighted by molar-refractivity contribution is 5.88. The summed E-state index contributed by atoms with van der Waals surface area (Å²) in [6.07, 6.45) is 12.8. The van der Waals surface area contributed by atoms with Crippen LogP contribution in [0.5, 0.6) is 0 Å². The first-order valence-electron chi connectivity index (χ1n) is 9.21. The topological polar surface area (TPSA) is 37.8 Å². The van der Waals surface area contributed by atoms with Crippen LogP contribution in [0, 0.1) is 11.3 Å². The van der Waals surface area contributed by atoms with Crippen LogP contribution in [-0.4, -0.2) is 16.0 Å². The zero-order valence-electron chi connectivity index (χ0n) is 14.1. The van der Waals surface area contributed by atoms with E-state index in [0.717, 1.165) is 22.6 Å². The average Bonchev–Trinajstić information content (AvgIpc) is 3.04. The van der Waals surface area contributed by atoms with E-state index in [1.54, 1.807) is 6.33 Å². The zero-order chi connectivity index (χ0) is 15.7. The molecule has 23 heavy (non-hydrogen) atoms. The number of fused-ring (bicyclic) bond motifs is 1.